The third kappa shape index (κ3) is 4.42. The molecule has 0 atom stereocenters. The molecular formula is C17H21N2S+. The predicted molar refractivity (Wildman–Crippen MR) is 87.8 cm³/mol. The van der Waals surface area contributed by atoms with Crippen molar-refractivity contribution in [1.82, 2.24) is 0 Å². The Morgan fingerprint density at radius 1 is 1.10 bits per heavy atom. The van der Waals surface area contributed by atoms with Crippen LogP contribution in [0.5, 0.6) is 0 Å². The Morgan fingerprint density at radius 3 is 2.35 bits per heavy atom. The third-order valence-corrected chi connectivity index (χ3v) is 4.05. The highest BCUT2D eigenvalue weighted by molar-refractivity contribution is 8.02. The largest absolute Gasteiger partial charge is 0.377 e. The van der Waals surface area contributed by atoms with Gasteiger partial charge in [-0.2, -0.15) is 0 Å². The maximum absolute atomic E-state index is 4.15. The highest BCUT2D eigenvalue weighted by Gasteiger charge is 2.05. The van der Waals surface area contributed by atoms with E-state index in [1.807, 2.05) is 31.9 Å². The molecule has 1 aromatic carbocycles. The van der Waals surface area contributed by atoms with Gasteiger partial charge in [-0.25, -0.2) is 4.57 Å². The summed E-state index contributed by atoms with van der Waals surface area (Å²) in [6.07, 6.45) is 4.20. The van der Waals surface area contributed by atoms with Gasteiger partial charge in [0.2, 0.25) is 0 Å². The Hall–Kier alpha value is -1.74. The number of benzene rings is 1. The van der Waals surface area contributed by atoms with Crippen LogP contribution in [0.3, 0.4) is 0 Å². The Balaban J connectivity index is 1.85. The van der Waals surface area contributed by atoms with Gasteiger partial charge in [0.1, 0.15) is 0 Å². The molecule has 104 valence electrons. The van der Waals surface area contributed by atoms with E-state index < -0.39 is 0 Å². The smallest absolute Gasteiger partial charge is 0.179 e. The lowest BCUT2D eigenvalue weighted by molar-refractivity contribution is -0.687. The zero-order valence-electron chi connectivity index (χ0n) is 12.1. The second-order valence-corrected chi connectivity index (χ2v) is 6.09. The molecule has 2 aromatic rings. The van der Waals surface area contributed by atoms with Crippen LogP contribution < -0.4 is 9.47 Å². The monoisotopic (exact) mass is 285 g/mol. The van der Waals surface area contributed by atoms with Crippen molar-refractivity contribution < 1.29 is 4.57 Å². The minimum atomic E-state index is 0.852. The molecule has 0 N–H and O–H groups in total. The van der Waals surface area contributed by atoms with Crippen molar-refractivity contribution >= 4 is 17.4 Å². The molecule has 0 aliphatic heterocycles. The Morgan fingerprint density at radius 2 is 1.75 bits per heavy atom. The van der Waals surface area contributed by atoms with Crippen molar-refractivity contribution in [2.75, 3.05) is 19.0 Å². The molecule has 0 fully saturated rings. The normalized spacial score (nSPS) is 10.3. The number of allylic oxidation sites excluding steroid dienone is 1. The summed E-state index contributed by atoms with van der Waals surface area (Å²) in [5.41, 5.74) is 2.55. The Labute approximate surface area is 125 Å². The minimum Gasteiger partial charge on any atom is -0.377 e. The second kappa shape index (κ2) is 7.15. The maximum atomic E-state index is 4.15. The van der Waals surface area contributed by atoms with Crippen molar-refractivity contribution in [2.24, 2.45) is 0 Å². The van der Waals surface area contributed by atoms with Crippen molar-refractivity contribution in [2.45, 2.75) is 12.3 Å². The molecule has 0 aliphatic rings. The first-order valence-electron chi connectivity index (χ1n) is 6.66. The van der Waals surface area contributed by atoms with Crippen molar-refractivity contribution in [3.63, 3.8) is 0 Å². The lowest BCUT2D eigenvalue weighted by Crippen LogP contribution is -2.33. The van der Waals surface area contributed by atoms with Gasteiger partial charge in [0.15, 0.2) is 18.9 Å². The number of hydrogen-bond acceptors (Lipinski definition) is 2. The first-order chi connectivity index (χ1) is 9.65. The SMILES string of the molecule is C=C(C[n+]1ccc(N(C)C)cc1)SCc1ccccc1. The number of thioether (sulfide) groups is 1. The molecule has 0 saturated heterocycles. The standard InChI is InChI=1S/C17H21N2S/c1-15(20-14-16-7-5-4-6-8-16)13-19-11-9-17(10-12-19)18(2)3/h4-12H,1,13-14H2,2-3H3/q+1. The summed E-state index contributed by atoms with van der Waals surface area (Å²) in [6.45, 7) is 5.01. The molecule has 0 saturated carbocycles. The van der Waals surface area contributed by atoms with Crippen LogP contribution in [-0.4, -0.2) is 14.1 Å². The number of hydrogen-bond donors (Lipinski definition) is 0. The van der Waals surface area contributed by atoms with Crippen molar-refractivity contribution in [3.05, 3.63) is 71.9 Å². The van der Waals surface area contributed by atoms with E-state index in [1.54, 1.807) is 0 Å². The summed E-state index contributed by atoms with van der Waals surface area (Å²) in [5.74, 6) is 0.982. The molecule has 20 heavy (non-hydrogen) atoms. The lowest BCUT2D eigenvalue weighted by Gasteiger charge is -2.10. The van der Waals surface area contributed by atoms with E-state index in [1.165, 1.54) is 16.2 Å². The molecule has 1 aromatic heterocycles. The fraction of sp³-hybridized carbons (Fsp3) is 0.235. The average molecular weight is 285 g/mol. The van der Waals surface area contributed by atoms with Crippen molar-refractivity contribution in [3.8, 4) is 0 Å². The van der Waals surface area contributed by atoms with Crippen LogP contribution in [0.2, 0.25) is 0 Å². The van der Waals surface area contributed by atoms with E-state index in [4.69, 9.17) is 0 Å². The van der Waals surface area contributed by atoms with E-state index in [0.29, 0.717) is 0 Å². The Bertz CT molecular complexity index is 547. The Kier molecular flexibility index (Phi) is 5.24. The fourth-order valence-corrected chi connectivity index (χ4v) is 2.67. The molecule has 3 heteroatoms. The highest BCUT2D eigenvalue weighted by Crippen LogP contribution is 2.19. The molecule has 0 amide bonds. The van der Waals surface area contributed by atoms with Gasteiger partial charge in [-0.15, -0.1) is 11.8 Å². The van der Waals surface area contributed by atoms with Gasteiger partial charge in [-0.1, -0.05) is 36.9 Å². The number of nitrogens with zero attached hydrogens (tertiary/aromatic N) is 2. The fourth-order valence-electron chi connectivity index (χ4n) is 1.86. The molecule has 1 heterocycles. The van der Waals surface area contributed by atoms with E-state index >= 15 is 0 Å². The molecule has 0 bridgehead atoms. The summed E-state index contributed by atoms with van der Waals surface area (Å²) < 4.78 is 2.16. The molecule has 0 unspecified atom stereocenters. The van der Waals surface area contributed by atoms with Gasteiger partial charge >= 0.3 is 0 Å². The van der Waals surface area contributed by atoms with Crippen molar-refractivity contribution in [1.29, 1.82) is 0 Å². The zero-order valence-corrected chi connectivity index (χ0v) is 12.9. The van der Waals surface area contributed by atoms with Gasteiger partial charge in [0, 0.05) is 42.6 Å². The topological polar surface area (TPSA) is 7.12 Å². The summed E-state index contributed by atoms with van der Waals surface area (Å²) in [6, 6.07) is 14.7. The van der Waals surface area contributed by atoms with E-state index in [2.05, 4.69) is 64.8 Å². The van der Waals surface area contributed by atoms with Crippen LogP contribution in [-0.2, 0) is 12.3 Å². The number of pyridine rings is 1. The second-order valence-electron chi connectivity index (χ2n) is 4.94. The maximum Gasteiger partial charge on any atom is 0.179 e. The van der Waals surface area contributed by atoms with Crippen LogP contribution in [0.15, 0.2) is 66.3 Å². The summed E-state index contributed by atoms with van der Waals surface area (Å²) in [7, 11) is 4.10. The first-order valence-corrected chi connectivity index (χ1v) is 7.64. The van der Waals surface area contributed by atoms with Crippen LogP contribution >= 0.6 is 11.8 Å². The van der Waals surface area contributed by atoms with E-state index in [0.717, 1.165) is 12.3 Å². The molecule has 2 nitrogen and oxygen atoms in total. The van der Waals surface area contributed by atoms with E-state index in [9.17, 15) is 0 Å². The summed E-state index contributed by atoms with van der Waals surface area (Å²) in [5, 5.41) is 0. The highest BCUT2D eigenvalue weighted by atomic mass is 32.2. The molecule has 0 radical (unpaired) electrons. The van der Waals surface area contributed by atoms with Gasteiger partial charge in [0.25, 0.3) is 0 Å². The molecule has 2 rings (SSSR count). The predicted octanol–water partition coefficient (Wildman–Crippen LogP) is 3.49. The molecular weight excluding hydrogens is 264 g/mol. The molecule has 0 aliphatic carbocycles. The minimum absolute atomic E-state index is 0.852. The third-order valence-electron chi connectivity index (χ3n) is 3.03. The van der Waals surface area contributed by atoms with Crippen LogP contribution in [0.4, 0.5) is 5.69 Å². The quantitative estimate of drug-likeness (QED) is 0.750. The summed E-state index contributed by atoms with van der Waals surface area (Å²) in [4.78, 5) is 3.28. The lowest BCUT2D eigenvalue weighted by atomic mass is 10.2. The summed E-state index contributed by atoms with van der Waals surface area (Å²) >= 11 is 1.81. The average Bonchev–Trinajstić information content (AvgIpc) is 2.47. The van der Waals surface area contributed by atoms with Crippen LogP contribution in [0.1, 0.15) is 5.56 Å². The first kappa shape index (κ1) is 14.7. The van der Waals surface area contributed by atoms with Gasteiger partial charge in [-0.3, -0.25) is 0 Å². The van der Waals surface area contributed by atoms with Gasteiger partial charge in [0.05, 0.1) is 0 Å². The van der Waals surface area contributed by atoms with Crippen LogP contribution in [0, 0.1) is 0 Å². The van der Waals surface area contributed by atoms with Gasteiger partial charge < -0.3 is 4.90 Å². The number of rotatable bonds is 6. The number of aromatic nitrogens is 1. The zero-order chi connectivity index (χ0) is 14.4. The van der Waals surface area contributed by atoms with E-state index in [-0.39, 0.29) is 0 Å². The van der Waals surface area contributed by atoms with Crippen LogP contribution in [0.25, 0.3) is 0 Å². The number of anilines is 1. The van der Waals surface area contributed by atoms with Gasteiger partial charge in [-0.05, 0) is 5.56 Å². The molecule has 0 spiro atoms.